The summed E-state index contributed by atoms with van der Waals surface area (Å²) in [7, 11) is 3.05. The predicted molar refractivity (Wildman–Crippen MR) is 121 cm³/mol. The van der Waals surface area contributed by atoms with E-state index in [9.17, 15) is 9.59 Å². The Bertz CT molecular complexity index is 879. The number of carbonyl (C=O) groups excluding carboxylic acids is 2. The van der Waals surface area contributed by atoms with E-state index in [1.54, 1.807) is 23.6 Å². The second kappa shape index (κ2) is 11.1. The molecule has 1 saturated heterocycles. The van der Waals surface area contributed by atoms with Crippen molar-refractivity contribution in [3.63, 3.8) is 0 Å². The Hall–Kier alpha value is -2.65. The molecule has 8 nitrogen and oxygen atoms in total. The van der Waals surface area contributed by atoms with Crippen LogP contribution in [-0.2, 0) is 0 Å². The van der Waals surface area contributed by atoms with Crippen LogP contribution in [0.3, 0.4) is 0 Å². The van der Waals surface area contributed by atoms with Gasteiger partial charge in [0.15, 0.2) is 5.13 Å². The highest BCUT2D eigenvalue weighted by Crippen LogP contribution is 2.24. The summed E-state index contributed by atoms with van der Waals surface area (Å²) >= 11 is 1.21. The van der Waals surface area contributed by atoms with Gasteiger partial charge in [-0.1, -0.05) is 6.42 Å². The van der Waals surface area contributed by atoms with E-state index in [1.807, 2.05) is 0 Å². The van der Waals surface area contributed by atoms with Crippen LogP contribution in [0.1, 0.15) is 53.5 Å². The van der Waals surface area contributed by atoms with Gasteiger partial charge < -0.3 is 19.7 Å². The SMILES string of the molecule is COc1cc(OC)cc(C(=O)Nc2nc(C(=O)NCCCN3CCCC[C@H]3C)cs2)c1. The lowest BCUT2D eigenvalue weighted by Gasteiger charge is -2.33. The van der Waals surface area contributed by atoms with Crippen LogP contribution in [0.25, 0.3) is 0 Å². The van der Waals surface area contributed by atoms with Crippen molar-refractivity contribution in [1.82, 2.24) is 15.2 Å². The number of nitrogens with zero attached hydrogens (tertiary/aromatic N) is 2. The van der Waals surface area contributed by atoms with Crippen molar-refractivity contribution in [1.29, 1.82) is 0 Å². The number of nitrogens with one attached hydrogen (secondary N) is 2. The van der Waals surface area contributed by atoms with E-state index in [1.165, 1.54) is 44.8 Å². The van der Waals surface area contributed by atoms with Crippen molar-refractivity contribution >= 4 is 28.3 Å². The number of benzene rings is 1. The highest BCUT2D eigenvalue weighted by Gasteiger charge is 2.18. The van der Waals surface area contributed by atoms with Crippen LogP contribution < -0.4 is 20.1 Å². The van der Waals surface area contributed by atoms with Crippen LogP contribution in [0.5, 0.6) is 11.5 Å². The zero-order valence-corrected chi connectivity index (χ0v) is 19.1. The number of thiazole rings is 1. The van der Waals surface area contributed by atoms with E-state index in [4.69, 9.17) is 9.47 Å². The number of likely N-dealkylation sites (tertiary alicyclic amines) is 1. The average Bonchev–Trinajstić information content (AvgIpc) is 3.25. The molecule has 2 heterocycles. The van der Waals surface area contributed by atoms with Crippen molar-refractivity contribution < 1.29 is 19.1 Å². The van der Waals surface area contributed by atoms with Gasteiger partial charge in [0, 0.05) is 36.1 Å². The Labute approximate surface area is 186 Å². The number of aromatic nitrogens is 1. The molecule has 0 spiro atoms. The van der Waals surface area contributed by atoms with Gasteiger partial charge in [0.2, 0.25) is 0 Å². The van der Waals surface area contributed by atoms with Gasteiger partial charge >= 0.3 is 0 Å². The first-order valence-electron chi connectivity index (χ1n) is 10.5. The summed E-state index contributed by atoms with van der Waals surface area (Å²) in [4.78, 5) is 31.7. The van der Waals surface area contributed by atoms with E-state index >= 15 is 0 Å². The second-order valence-electron chi connectivity index (χ2n) is 7.58. The first kappa shape index (κ1) is 23.0. The number of methoxy groups -OCH3 is 2. The third kappa shape index (κ3) is 6.41. The molecular formula is C22H30N4O4S. The van der Waals surface area contributed by atoms with Crippen molar-refractivity contribution in [3.05, 3.63) is 34.8 Å². The number of anilines is 1. The molecule has 1 aliphatic heterocycles. The van der Waals surface area contributed by atoms with Gasteiger partial charge in [0.25, 0.3) is 11.8 Å². The van der Waals surface area contributed by atoms with Crippen LogP contribution in [-0.4, -0.2) is 61.6 Å². The molecule has 168 valence electrons. The summed E-state index contributed by atoms with van der Waals surface area (Å²) in [5.41, 5.74) is 0.680. The van der Waals surface area contributed by atoms with E-state index in [-0.39, 0.29) is 11.8 Å². The minimum absolute atomic E-state index is 0.230. The smallest absolute Gasteiger partial charge is 0.270 e. The molecule has 31 heavy (non-hydrogen) atoms. The Kier molecular flexibility index (Phi) is 8.25. The molecule has 1 aliphatic rings. The fraction of sp³-hybridized carbons (Fsp3) is 0.500. The van der Waals surface area contributed by atoms with Crippen LogP contribution in [0.15, 0.2) is 23.6 Å². The molecule has 1 aromatic heterocycles. The number of hydrogen-bond donors (Lipinski definition) is 2. The zero-order chi connectivity index (χ0) is 22.2. The Balaban J connectivity index is 1.49. The highest BCUT2D eigenvalue weighted by molar-refractivity contribution is 7.14. The maximum atomic E-state index is 12.6. The fourth-order valence-corrected chi connectivity index (χ4v) is 4.29. The lowest BCUT2D eigenvalue weighted by atomic mass is 10.0. The van der Waals surface area contributed by atoms with Gasteiger partial charge in [0.1, 0.15) is 17.2 Å². The topological polar surface area (TPSA) is 92.8 Å². The largest absolute Gasteiger partial charge is 0.497 e. The monoisotopic (exact) mass is 446 g/mol. The molecule has 0 aliphatic carbocycles. The fourth-order valence-electron chi connectivity index (χ4n) is 3.61. The van der Waals surface area contributed by atoms with Gasteiger partial charge in [-0.05, 0) is 44.9 Å². The van der Waals surface area contributed by atoms with Crippen LogP contribution in [0.4, 0.5) is 5.13 Å². The van der Waals surface area contributed by atoms with E-state index in [2.05, 4.69) is 27.4 Å². The number of hydrogen-bond acceptors (Lipinski definition) is 7. The van der Waals surface area contributed by atoms with E-state index in [0.717, 1.165) is 19.5 Å². The predicted octanol–water partition coefficient (Wildman–Crippen LogP) is 3.41. The zero-order valence-electron chi connectivity index (χ0n) is 18.3. The molecule has 0 bridgehead atoms. The molecule has 1 fully saturated rings. The highest BCUT2D eigenvalue weighted by atomic mass is 32.1. The Morgan fingerprint density at radius 2 is 1.90 bits per heavy atom. The summed E-state index contributed by atoms with van der Waals surface area (Å²) in [5, 5.41) is 7.64. The average molecular weight is 447 g/mol. The molecule has 0 unspecified atom stereocenters. The quantitative estimate of drug-likeness (QED) is 0.574. The van der Waals surface area contributed by atoms with Gasteiger partial charge in [-0.15, -0.1) is 11.3 Å². The molecule has 9 heteroatoms. The molecule has 2 aromatic rings. The third-order valence-electron chi connectivity index (χ3n) is 5.42. The van der Waals surface area contributed by atoms with Crippen molar-refractivity contribution in [2.75, 3.05) is 39.2 Å². The lowest BCUT2D eigenvalue weighted by molar-refractivity contribution is 0.0943. The summed E-state index contributed by atoms with van der Waals surface area (Å²) in [5.74, 6) is 0.450. The number of ether oxygens (including phenoxy) is 2. The van der Waals surface area contributed by atoms with Crippen LogP contribution >= 0.6 is 11.3 Å². The molecular weight excluding hydrogens is 416 g/mol. The molecule has 1 atom stereocenters. The standard InChI is InChI=1S/C22H30N4O4S/c1-15-7-4-5-9-26(15)10-6-8-23-21(28)19-14-31-22(24-19)25-20(27)16-11-17(29-2)13-18(12-16)30-3/h11-15H,4-10H2,1-3H3,(H,23,28)(H,24,25,27)/t15-/m1/s1. The minimum atomic E-state index is -0.353. The summed E-state index contributed by atoms with van der Waals surface area (Å²) < 4.78 is 10.4. The normalized spacial score (nSPS) is 16.5. The van der Waals surface area contributed by atoms with E-state index < -0.39 is 0 Å². The maximum absolute atomic E-state index is 12.6. The van der Waals surface area contributed by atoms with Gasteiger partial charge in [0.05, 0.1) is 14.2 Å². The molecule has 0 radical (unpaired) electrons. The Morgan fingerprint density at radius 3 is 2.58 bits per heavy atom. The minimum Gasteiger partial charge on any atom is -0.497 e. The number of carbonyl (C=O) groups is 2. The van der Waals surface area contributed by atoms with Crippen LogP contribution in [0, 0.1) is 0 Å². The first-order valence-corrected chi connectivity index (χ1v) is 11.4. The molecule has 2 amide bonds. The number of amides is 2. The summed E-state index contributed by atoms with van der Waals surface area (Å²) in [6.45, 7) is 5.00. The summed E-state index contributed by atoms with van der Waals surface area (Å²) in [6, 6.07) is 5.54. The van der Waals surface area contributed by atoms with E-state index in [0.29, 0.717) is 40.5 Å². The summed E-state index contributed by atoms with van der Waals surface area (Å²) in [6.07, 6.45) is 4.72. The van der Waals surface area contributed by atoms with Gasteiger partial charge in [-0.3, -0.25) is 14.9 Å². The van der Waals surface area contributed by atoms with Gasteiger partial charge in [-0.2, -0.15) is 0 Å². The van der Waals surface area contributed by atoms with Crippen molar-refractivity contribution in [2.24, 2.45) is 0 Å². The second-order valence-corrected chi connectivity index (χ2v) is 8.44. The molecule has 3 rings (SSSR count). The lowest BCUT2D eigenvalue weighted by Crippen LogP contribution is -2.39. The number of rotatable bonds is 9. The molecule has 0 saturated carbocycles. The number of piperidine rings is 1. The van der Waals surface area contributed by atoms with Crippen molar-refractivity contribution in [2.45, 2.75) is 38.6 Å². The molecule has 2 N–H and O–H groups in total. The maximum Gasteiger partial charge on any atom is 0.270 e. The molecule has 1 aromatic carbocycles. The third-order valence-corrected chi connectivity index (χ3v) is 6.18. The Morgan fingerprint density at radius 1 is 1.16 bits per heavy atom. The first-order chi connectivity index (χ1) is 15.0. The van der Waals surface area contributed by atoms with Gasteiger partial charge in [-0.25, -0.2) is 4.98 Å². The van der Waals surface area contributed by atoms with Crippen LogP contribution in [0.2, 0.25) is 0 Å². The van der Waals surface area contributed by atoms with Crippen molar-refractivity contribution in [3.8, 4) is 11.5 Å².